The van der Waals surface area contributed by atoms with E-state index >= 15 is 0 Å². The molecule has 8 heteroatoms. The van der Waals surface area contributed by atoms with Crippen LogP contribution >= 0.6 is 0 Å². The van der Waals surface area contributed by atoms with Gasteiger partial charge < -0.3 is 19.3 Å². The number of hydrogen-bond donors (Lipinski definition) is 0. The number of rotatable bonds is 7. The van der Waals surface area contributed by atoms with Crippen molar-refractivity contribution in [2.24, 2.45) is 0 Å². The van der Waals surface area contributed by atoms with Crippen LogP contribution in [0.4, 0.5) is 10.5 Å². The van der Waals surface area contributed by atoms with Crippen LogP contribution in [0.1, 0.15) is 19.8 Å². The minimum atomic E-state index is -0.287. The SMILES string of the molecule is CCOc1ccc(OCC(=O)N2CCC(N3CC(=O)N(c4ccccc4)C3=O)CC2)cc1. The first kappa shape index (κ1) is 21.7. The van der Waals surface area contributed by atoms with Crippen molar-refractivity contribution in [3.63, 3.8) is 0 Å². The van der Waals surface area contributed by atoms with Crippen LogP contribution < -0.4 is 14.4 Å². The summed E-state index contributed by atoms with van der Waals surface area (Å²) in [6.45, 7) is 3.60. The van der Waals surface area contributed by atoms with Gasteiger partial charge in [-0.25, -0.2) is 9.69 Å². The van der Waals surface area contributed by atoms with Crippen LogP contribution in [-0.2, 0) is 9.59 Å². The topological polar surface area (TPSA) is 79.4 Å². The molecule has 0 bridgehead atoms. The molecule has 32 heavy (non-hydrogen) atoms. The molecule has 0 spiro atoms. The van der Waals surface area contributed by atoms with Gasteiger partial charge in [-0.3, -0.25) is 9.59 Å². The van der Waals surface area contributed by atoms with Gasteiger partial charge in [0.25, 0.3) is 11.8 Å². The highest BCUT2D eigenvalue weighted by Crippen LogP contribution is 2.26. The molecule has 2 aliphatic heterocycles. The normalized spacial score (nSPS) is 17.1. The molecule has 0 atom stereocenters. The van der Waals surface area contributed by atoms with Gasteiger partial charge in [-0.2, -0.15) is 0 Å². The number of hydrogen-bond acceptors (Lipinski definition) is 5. The Balaban J connectivity index is 1.27. The average Bonchev–Trinajstić information content (AvgIpc) is 3.13. The van der Waals surface area contributed by atoms with E-state index in [1.807, 2.05) is 25.1 Å². The Bertz CT molecular complexity index is 955. The summed E-state index contributed by atoms with van der Waals surface area (Å²) in [6, 6.07) is 15.8. The molecule has 0 N–H and O–H groups in total. The van der Waals surface area contributed by atoms with E-state index in [-0.39, 0.29) is 37.0 Å². The summed E-state index contributed by atoms with van der Waals surface area (Å²) in [5.74, 6) is 1.06. The van der Waals surface area contributed by atoms with Crippen molar-refractivity contribution < 1.29 is 23.9 Å². The fraction of sp³-hybridized carbons (Fsp3) is 0.375. The van der Waals surface area contributed by atoms with Crippen molar-refractivity contribution >= 4 is 23.5 Å². The number of amides is 4. The van der Waals surface area contributed by atoms with E-state index in [0.717, 1.165) is 5.75 Å². The minimum Gasteiger partial charge on any atom is -0.494 e. The molecule has 0 unspecified atom stereocenters. The molecule has 0 saturated carbocycles. The lowest BCUT2D eigenvalue weighted by Gasteiger charge is -2.36. The number of imide groups is 1. The van der Waals surface area contributed by atoms with Crippen molar-refractivity contribution in [1.82, 2.24) is 9.80 Å². The van der Waals surface area contributed by atoms with Gasteiger partial charge in [0.1, 0.15) is 18.0 Å². The number of carbonyl (C=O) groups excluding carboxylic acids is 3. The number of anilines is 1. The third-order valence-electron chi connectivity index (χ3n) is 5.76. The monoisotopic (exact) mass is 437 g/mol. The van der Waals surface area contributed by atoms with E-state index in [1.54, 1.807) is 46.2 Å². The Morgan fingerprint density at radius 3 is 2.19 bits per heavy atom. The molecule has 4 rings (SSSR count). The third kappa shape index (κ3) is 4.69. The van der Waals surface area contributed by atoms with Crippen molar-refractivity contribution in [3.8, 4) is 11.5 Å². The smallest absolute Gasteiger partial charge is 0.332 e. The van der Waals surface area contributed by atoms with E-state index in [0.29, 0.717) is 44.0 Å². The average molecular weight is 437 g/mol. The molecule has 2 aromatic carbocycles. The van der Waals surface area contributed by atoms with Crippen molar-refractivity contribution in [3.05, 3.63) is 54.6 Å². The summed E-state index contributed by atoms with van der Waals surface area (Å²) >= 11 is 0. The maximum Gasteiger partial charge on any atom is 0.332 e. The summed E-state index contributed by atoms with van der Waals surface area (Å²) in [5.41, 5.74) is 0.587. The Kier molecular flexibility index (Phi) is 6.58. The molecule has 2 saturated heterocycles. The first-order chi connectivity index (χ1) is 15.6. The molecule has 0 aliphatic carbocycles. The summed E-state index contributed by atoms with van der Waals surface area (Å²) in [5, 5.41) is 0. The minimum absolute atomic E-state index is 0.0401. The van der Waals surface area contributed by atoms with Crippen LogP contribution in [-0.4, -0.2) is 66.5 Å². The molecule has 2 aromatic rings. The molecule has 8 nitrogen and oxygen atoms in total. The highest BCUT2D eigenvalue weighted by molar-refractivity contribution is 6.19. The Hall–Kier alpha value is -3.55. The Morgan fingerprint density at radius 1 is 0.938 bits per heavy atom. The largest absolute Gasteiger partial charge is 0.494 e. The number of para-hydroxylation sites is 1. The molecular weight excluding hydrogens is 410 g/mol. The van der Waals surface area contributed by atoms with Crippen molar-refractivity contribution in [2.75, 3.05) is 37.7 Å². The lowest BCUT2D eigenvalue weighted by Crippen LogP contribution is -2.49. The van der Waals surface area contributed by atoms with E-state index in [2.05, 4.69) is 0 Å². The van der Waals surface area contributed by atoms with E-state index in [1.165, 1.54) is 4.90 Å². The second-order valence-electron chi connectivity index (χ2n) is 7.78. The quantitative estimate of drug-likeness (QED) is 0.623. The summed E-state index contributed by atoms with van der Waals surface area (Å²) < 4.78 is 11.0. The van der Waals surface area contributed by atoms with E-state index < -0.39 is 0 Å². The summed E-state index contributed by atoms with van der Waals surface area (Å²) in [7, 11) is 0. The fourth-order valence-electron chi connectivity index (χ4n) is 4.10. The predicted octanol–water partition coefficient (Wildman–Crippen LogP) is 2.92. The van der Waals surface area contributed by atoms with Gasteiger partial charge in [0.15, 0.2) is 6.61 Å². The fourth-order valence-corrected chi connectivity index (χ4v) is 4.10. The van der Waals surface area contributed by atoms with Crippen LogP contribution in [0.3, 0.4) is 0 Å². The van der Waals surface area contributed by atoms with Crippen LogP contribution in [0.25, 0.3) is 0 Å². The second kappa shape index (κ2) is 9.72. The number of carbonyl (C=O) groups is 3. The van der Waals surface area contributed by atoms with Gasteiger partial charge in [-0.05, 0) is 56.2 Å². The van der Waals surface area contributed by atoms with Gasteiger partial charge >= 0.3 is 6.03 Å². The van der Waals surface area contributed by atoms with Crippen molar-refractivity contribution in [2.45, 2.75) is 25.8 Å². The molecule has 0 aromatic heterocycles. The maximum absolute atomic E-state index is 12.9. The Morgan fingerprint density at radius 2 is 1.56 bits per heavy atom. The number of piperidine rings is 1. The molecule has 2 heterocycles. The van der Waals surface area contributed by atoms with E-state index in [9.17, 15) is 14.4 Å². The van der Waals surface area contributed by atoms with Crippen LogP contribution in [0, 0.1) is 0 Å². The lowest BCUT2D eigenvalue weighted by molar-refractivity contribution is -0.134. The number of nitrogens with zero attached hydrogens (tertiary/aromatic N) is 3. The first-order valence-electron chi connectivity index (χ1n) is 10.9. The summed E-state index contributed by atoms with van der Waals surface area (Å²) in [6.07, 6.45) is 1.27. The highest BCUT2D eigenvalue weighted by Gasteiger charge is 2.41. The predicted molar refractivity (Wildman–Crippen MR) is 119 cm³/mol. The molecule has 2 fully saturated rings. The van der Waals surface area contributed by atoms with Gasteiger partial charge in [-0.1, -0.05) is 18.2 Å². The first-order valence-corrected chi connectivity index (χ1v) is 10.9. The highest BCUT2D eigenvalue weighted by atomic mass is 16.5. The second-order valence-corrected chi connectivity index (χ2v) is 7.78. The van der Waals surface area contributed by atoms with Gasteiger partial charge in [0, 0.05) is 19.1 Å². The number of urea groups is 1. The lowest BCUT2D eigenvalue weighted by atomic mass is 10.0. The van der Waals surface area contributed by atoms with Gasteiger partial charge in [-0.15, -0.1) is 0 Å². The van der Waals surface area contributed by atoms with E-state index in [4.69, 9.17) is 9.47 Å². The van der Waals surface area contributed by atoms with Crippen LogP contribution in [0.2, 0.25) is 0 Å². The molecular formula is C24H27N3O5. The zero-order valence-corrected chi connectivity index (χ0v) is 18.1. The number of benzene rings is 2. The zero-order valence-electron chi connectivity index (χ0n) is 18.1. The Labute approximate surface area is 187 Å². The summed E-state index contributed by atoms with van der Waals surface area (Å²) in [4.78, 5) is 42.5. The number of ether oxygens (including phenoxy) is 2. The maximum atomic E-state index is 12.9. The molecule has 0 radical (unpaired) electrons. The van der Waals surface area contributed by atoms with Gasteiger partial charge in [0.05, 0.1) is 12.3 Å². The van der Waals surface area contributed by atoms with Crippen molar-refractivity contribution in [1.29, 1.82) is 0 Å². The number of likely N-dealkylation sites (tertiary alicyclic amines) is 1. The van der Waals surface area contributed by atoms with Crippen LogP contribution in [0.5, 0.6) is 11.5 Å². The van der Waals surface area contributed by atoms with Gasteiger partial charge in [0.2, 0.25) is 0 Å². The standard InChI is InChI=1S/C24H27N3O5/c1-2-31-20-8-10-21(11-9-20)32-17-23(29)25-14-12-18(13-15-25)26-16-22(28)27(24(26)30)19-6-4-3-5-7-19/h3-11,18H,2,12-17H2,1H3. The zero-order chi connectivity index (χ0) is 22.5. The van der Waals surface area contributed by atoms with Crippen LogP contribution in [0.15, 0.2) is 54.6 Å². The molecule has 168 valence electrons. The molecule has 4 amide bonds. The third-order valence-corrected chi connectivity index (χ3v) is 5.76. The molecule has 2 aliphatic rings.